The molecule has 2 unspecified atom stereocenters. The Kier molecular flexibility index (Phi) is 13.2. The van der Waals surface area contributed by atoms with Crippen molar-refractivity contribution < 1.29 is 19.9 Å². The molecule has 1 aromatic rings. The average molecular weight is 511 g/mol. The van der Waals surface area contributed by atoms with Gasteiger partial charge in [0.25, 0.3) is 0 Å². The largest absolute Gasteiger partial charge is 0.465 e. The smallest absolute Gasteiger partial charge is 0.404 e. The van der Waals surface area contributed by atoms with Gasteiger partial charge in [-0.2, -0.15) is 0 Å². The second-order valence-corrected chi connectivity index (χ2v) is 10.4. The van der Waals surface area contributed by atoms with E-state index in [4.69, 9.17) is 16.7 Å². The number of halogens is 1. The highest BCUT2D eigenvalue weighted by Crippen LogP contribution is 2.29. The molecular formula is C26H43ClN4O4. The van der Waals surface area contributed by atoms with Gasteiger partial charge in [0.2, 0.25) is 0 Å². The van der Waals surface area contributed by atoms with Crippen LogP contribution < -0.4 is 16.1 Å². The van der Waals surface area contributed by atoms with Crippen molar-refractivity contribution in [2.45, 2.75) is 89.6 Å². The molecule has 2 atom stereocenters. The van der Waals surface area contributed by atoms with Crippen LogP contribution in [0.25, 0.3) is 0 Å². The zero-order chi connectivity index (χ0) is 25.6. The van der Waals surface area contributed by atoms with Gasteiger partial charge in [0.1, 0.15) is 0 Å². The summed E-state index contributed by atoms with van der Waals surface area (Å²) in [4.78, 5) is 25.9. The molecule has 1 saturated carbocycles. The monoisotopic (exact) mass is 510 g/mol. The van der Waals surface area contributed by atoms with Crippen LogP contribution in [0.4, 0.5) is 9.59 Å². The van der Waals surface area contributed by atoms with E-state index in [0.717, 1.165) is 24.8 Å². The van der Waals surface area contributed by atoms with Crippen LogP contribution in [0.3, 0.4) is 0 Å². The van der Waals surface area contributed by atoms with Crippen LogP contribution in [-0.2, 0) is 0 Å². The van der Waals surface area contributed by atoms with E-state index in [1.165, 1.54) is 32.1 Å². The molecule has 198 valence electrons. The normalized spacial score (nSPS) is 16.0. The Morgan fingerprint density at radius 3 is 2.54 bits per heavy atom. The van der Waals surface area contributed by atoms with Crippen molar-refractivity contribution in [1.29, 1.82) is 0 Å². The molecule has 1 aromatic carbocycles. The van der Waals surface area contributed by atoms with Gasteiger partial charge in [0.05, 0.1) is 0 Å². The Morgan fingerprint density at radius 2 is 1.91 bits per heavy atom. The summed E-state index contributed by atoms with van der Waals surface area (Å²) in [7, 11) is 0. The zero-order valence-corrected chi connectivity index (χ0v) is 21.9. The summed E-state index contributed by atoms with van der Waals surface area (Å²) >= 11 is 6.23. The van der Waals surface area contributed by atoms with Gasteiger partial charge in [-0.25, -0.2) is 15.1 Å². The first-order chi connectivity index (χ1) is 16.8. The number of carbonyl (C=O) groups is 2. The molecule has 1 aliphatic carbocycles. The molecular weight excluding hydrogens is 468 g/mol. The number of hydrogen-bond donors (Lipinski definition) is 5. The molecule has 0 aromatic heterocycles. The molecule has 0 aliphatic heterocycles. The topological polar surface area (TPSA) is 114 Å². The van der Waals surface area contributed by atoms with E-state index in [0.29, 0.717) is 37.0 Å². The van der Waals surface area contributed by atoms with E-state index in [-0.39, 0.29) is 24.0 Å². The molecule has 0 radical (unpaired) electrons. The number of hydroxylamine groups is 1. The molecule has 35 heavy (non-hydrogen) atoms. The van der Waals surface area contributed by atoms with E-state index in [1.54, 1.807) is 0 Å². The fourth-order valence-electron chi connectivity index (χ4n) is 5.06. The molecule has 0 spiro atoms. The number of carboxylic acid groups (broad SMARTS) is 1. The van der Waals surface area contributed by atoms with Crippen molar-refractivity contribution in [3.63, 3.8) is 0 Å². The summed E-state index contributed by atoms with van der Waals surface area (Å²) in [5, 5.41) is 24.4. The highest BCUT2D eigenvalue weighted by molar-refractivity contribution is 6.30. The summed E-state index contributed by atoms with van der Waals surface area (Å²) < 4.78 is 0. The number of rotatable bonds is 14. The summed E-state index contributed by atoms with van der Waals surface area (Å²) in [5.41, 5.74) is 3.35. The molecule has 3 amide bonds. The van der Waals surface area contributed by atoms with E-state index in [9.17, 15) is 14.8 Å². The Morgan fingerprint density at radius 1 is 1.17 bits per heavy atom. The van der Waals surface area contributed by atoms with E-state index in [1.807, 2.05) is 43.0 Å². The number of nitrogens with zero attached hydrogens (tertiary/aromatic N) is 1. The van der Waals surface area contributed by atoms with Gasteiger partial charge in [-0.1, -0.05) is 55.8 Å². The van der Waals surface area contributed by atoms with Gasteiger partial charge in [0, 0.05) is 36.7 Å². The van der Waals surface area contributed by atoms with Crippen molar-refractivity contribution in [2.24, 2.45) is 5.92 Å². The van der Waals surface area contributed by atoms with Crippen molar-refractivity contribution >= 4 is 23.7 Å². The molecule has 0 bridgehead atoms. The standard InChI is InChI=1S/C26H43ClN4O4/c1-19(2)31(25(32)30-24(18-29-35)16-20-8-4-3-5-9-20)15-13-21(11-7-14-28-26(33)34)22-10-6-12-23(27)17-22/h6,10,12,17,19-21,24,28-29,35H,3-5,7-9,11,13-16,18H2,1-2H3,(H,30,32)(H,33,34). The van der Waals surface area contributed by atoms with E-state index >= 15 is 0 Å². The first-order valence-electron chi connectivity index (χ1n) is 13.0. The fourth-order valence-corrected chi connectivity index (χ4v) is 5.26. The van der Waals surface area contributed by atoms with Crippen molar-refractivity contribution in [2.75, 3.05) is 19.6 Å². The molecule has 0 heterocycles. The molecule has 9 heteroatoms. The number of urea groups is 1. The third-order valence-electron chi connectivity index (χ3n) is 6.94. The Bertz CT molecular complexity index is 773. The van der Waals surface area contributed by atoms with Crippen LogP contribution in [0.1, 0.15) is 83.1 Å². The predicted octanol–water partition coefficient (Wildman–Crippen LogP) is 5.60. The lowest BCUT2D eigenvalue weighted by atomic mass is 9.85. The van der Waals surface area contributed by atoms with E-state index in [2.05, 4.69) is 16.1 Å². The Hall–Kier alpha value is -2.03. The van der Waals surface area contributed by atoms with Gasteiger partial charge in [-0.05, 0) is 69.1 Å². The van der Waals surface area contributed by atoms with Crippen LogP contribution in [0.2, 0.25) is 5.02 Å². The summed E-state index contributed by atoms with van der Waals surface area (Å²) in [6.45, 7) is 5.29. The molecule has 5 N–H and O–H groups in total. The molecule has 0 saturated heterocycles. The van der Waals surface area contributed by atoms with Crippen LogP contribution in [0.15, 0.2) is 24.3 Å². The summed E-state index contributed by atoms with van der Waals surface area (Å²) in [6.07, 6.45) is 8.20. The van der Waals surface area contributed by atoms with Crippen molar-refractivity contribution in [1.82, 2.24) is 21.0 Å². The summed E-state index contributed by atoms with van der Waals surface area (Å²) in [6, 6.07) is 7.52. The fraction of sp³-hybridized carbons (Fsp3) is 0.692. The maximum atomic E-state index is 13.3. The summed E-state index contributed by atoms with van der Waals surface area (Å²) in [5.74, 6) is 0.733. The van der Waals surface area contributed by atoms with Crippen LogP contribution in [0.5, 0.6) is 0 Å². The maximum absolute atomic E-state index is 13.3. The van der Waals surface area contributed by atoms with Crippen LogP contribution in [-0.4, -0.2) is 59.1 Å². The number of amides is 3. The SMILES string of the molecule is CC(C)N(CCC(CCCNC(=O)O)c1cccc(Cl)c1)C(=O)NC(CNO)CC1CCCCC1. The highest BCUT2D eigenvalue weighted by atomic mass is 35.5. The van der Waals surface area contributed by atoms with E-state index < -0.39 is 6.09 Å². The quantitative estimate of drug-likeness (QED) is 0.165. The highest BCUT2D eigenvalue weighted by Gasteiger charge is 2.25. The molecule has 8 nitrogen and oxygen atoms in total. The lowest BCUT2D eigenvalue weighted by Crippen LogP contribution is -2.51. The zero-order valence-electron chi connectivity index (χ0n) is 21.1. The minimum absolute atomic E-state index is 0.0149. The maximum Gasteiger partial charge on any atom is 0.404 e. The van der Waals surface area contributed by atoms with Crippen molar-refractivity contribution in [3.8, 4) is 0 Å². The van der Waals surface area contributed by atoms with Crippen LogP contribution in [0, 0.1) is 5.92 Å². The Balaban J connectivity index is 2.01. The first kappa shape index (κ1) is 29.2. The minimum Gasteiger partial charge on any atom is -0.465 e. The average Bonchev–Trinajstić information content (AvgIpc) is 2.81. The van der Waals surface area contributed by atoms with Crippen LogP contribution >= 0.6 is 11.6 Å². The number of benzene rings is 1. The van der Waals surface area contributed by atoms with Crippen molar-refractivity contribution in [3.05, 3.63) is 34.9 Å². The molecule has 1 aliphatic rings. The number of nitrogens with one attached hydrogen (secondary N) is 3. The minimum atomic E-state index is -1.02. The third-order valence-corrected chi connectivity index (χ3v) is 7.17. The Labute approximate surface area is 214 Å². The molecule has 2 rings (SSSR count). The second kappa shape index (κ2) is 15.9. The van der Waals surface area contributed by atoms with Gasteiger partial charge in [0.15, 0.2) is 0 Å². The number of hydrogen-bond acceptors (Lipinski definition) is 4. The van der Waals surface area contributed by atoms with Gasteiger partial charge < -0.3 is 25.8 Å². The predicted molar refractivity (Wildman–Crippen MR) is 139 cm³/mol. The molecule has 1 fully saturated rings. The van der Waals surface area contributed by atoms with Gasteiger partial charge in [-0.3, -0.25) is 0 Å². The second-order valence-electron chi connectivity index (χ2n) is 9.95. The van der Waals surface area contributed by atoms with Gasteiger partial charge in [-0.15, -0.1) is 0 Å². The third kappa shape index (κ3) is 11.1. The lowest BCUT2D eigenvalue weighted by Gasteiger charge is -2.32. The first-order valence-corrected chi connectivity index (χ1v) is 13.3. The number of carbonyl (C=O) groups excluding carboxylic acids is 1. The lowest BCUT2D eigenvalue weighted by molar-refractivity contribution is 0.139. The van der Waals surface area contributed by atoms with Gasteiger partial charge >= 0.3 is 12.1 Å².